The van der Waals surface area contributed by atoms with Crippen molar-refractivity contribution in [2.24, 2.45) is 5.73 Å². The van der Waals surface area contributed by atoms with Crippen LogP contribution in [-0.2, 0) is 6.54 Å². The molecule has 0 saturated carbocycles. The van der Waals surface area contributed by atoms with Crippen LogP contribution in [0.1, 0.15) is 17.3 Å². The van der Waals surface area contributed by atoms with E-state index in [0.717, 1.165) is 12.1 Å². The number of nitrogens with two attached hydrogens (primary N) is 1. The molecule has 0 spiro atoms. The van der Waals surface area contributed by atoms with Crippen LogP contribution < -0.4 is 11.1 Å². The molecular weight excluding hydrogens is 268 g/mol. The highest BCUT2D eigenvalue weighted by molar-refractivity contribution is 5.64. The van der Waals surface area contributed by atoms with E-state index in [9.17, 15) is 0 Å². The summed E-state index contributed by atoms with van der Waals surface area (Å²) >= 11 is 0. The Morgan fingerprint density at radius 2 is 1.36 bits per heavy atom. The minimum Gasteiger partial charge on any atom is -0.312 e. The Morgan fingerprint density at radius 1 is 0.727 bits per heavy atom. The first kappa shape index (κ1) is 14.5. The largest absolute Gasteiger partial charge is 0.312 e. The van der Waals surface area contributed by atoms with Gasteiger partial charge < -0.3 is 5.73 Å². The van der Waals surface area contributed by atoms with Gasteiger partial charge in [-0.1, -0.05) is 78.9 Å². The first-order valence-electron chi connectivity index (χ1n) is 7.51. The maximum absolute atomic E-state index is 6.28. The zero-order valence-corrected chi connectivity index (χ0v) is 12.4. The molecule has 2 heteroatoms. The van der Waals surface area contributed by atoms with E-state index in [1.165, 1.54) is 16.7 Å². The minimum atomic E-state index is -0.177. The molecule has 0 radical (unpaired) electrons. The van der Waals surface area contributed by atoms with E-state index < -0.39 is 0 Å². The van der Waals surface area contributed by atoms with Gasteiger partial charge >= 0.3 is 0 Å². The van der Waals surface area contributed by atoms with Crippen LogP contribution in [0.2, 0.25) is 0 Å². The van der Waals surface area contributed by atoms with Gasteiger partial charge in [0.15, 0.2) is 0 Å². The Bertz CT molecular complexity index is 708. The van der Waals surface area contributed by atoms with E-state index in [1.54, 1.807) is 0 Å². The van der Waals surface area contributed by atoms with Crippen LogP contribution in [0, 0.1) is 0 Å². The van der Waals surface area contributed by atoms with Crippen molar-refractivity contribution < 1.29 is 0 Å². The van der Waals surface area contributed by atoms with Gasteiger partial charge in [0.1, 0.15) is 0 Å². The first-order chi connectivity index (χ1) is 10.8. The summed E-state index contributed by atoms with van der Waals surface area (Å²) in [6.45, 7) is 0.761. The Kier molecular flexibility index (Phi) is 4.64. The van der Waals surface area contributed by atoms with Crippen molar-refractivity contribution in [3.63, 3.8) is 0 Å². The Hall–Kier alpha value is -2.42. The van der Waals surface area contributed by atoms with Gasteiger partial charge in [0, 0.05) is 6.54 Å². The highest BCUT2D eigenvalue weighted by atomic mass is 15.0. The molecule has 110 valence electrons. The molecule has 0 aliphatic carbocycles. The average molecular weight is 288 g/mol. The first-order valence-corrected chi connectivity index (χ1v) is 7.51. The molecule has 0 aromatic heterocycles. The summed E-state index contributed by atoms with van der Waals surface area (Å²) in [5, 5.41) is 3.37. The second-order valence-electron chi connectivity index (χ2n) is 5.34. The summed E-state index contributed by atoms with van der Waals surface area (Å²) in [4.78, 5) is 0. The third-order valence-corrected chi connectivity index (χ3v) is 3.72. The minimum absolute atomic E-state index is 0.177. The SMILES string of the molecule is N[C@@H](NCc1ccccc1)c1cccc(-c2ccccc2)c1. The molecule has 0 unspecified atom stereocenters. The highest BCUT2D eigenvalue weighted by Gasteiger charge is 2.06. The number of hydrogen-bond acceptors (Lipinski definition) is 2. The predicted octanol–water partition coefficient (Wildman–Crippen LogP) is 4.10. The monoisotopic (exact) mass is 288 g/mol. The van der Waals surface area contributed by atoms with Gasteiger partial charge in [-0.2, -0.15) is 0 Å². The molecule has 3 aromatic carbocycles. The molecule has 22 heavy (non-hydrogen) atoms. The van der Waals surface area contributed by atoms with E-state index in [-0.39, 0.29) is 6.17 Å². The summed E-state index contributed by atoms with van der Waals surface area (Å²) in [6, 6.07) is 29.0. The second-order valence-corrected chi connectivity index (χ2v) is 5.34. The van der Waals surface area contributed by atoms with Crippen LogP contribution >= 0.6 is 0 Å². The van der Waals surface area contributed by atoms with Gasteiger partial charge in [-0.15, -0.1) is 0 Å². The molecule has 0 aliphatic heterocycles. The molecule has 3 aromatic rings. The van der Waals surface area contributed by atoms with Gasteiger partial charge in [0.25, 0.3) is 0 Å². The lowest BCUT2D eigenvalue weighted by Gasteiger charge is -2.15. The summed E-state index contributed by atoms with van der Waals surface area (Å²) in [5.74, 6) is 0. The predicted molar refractivity (Wildman–Crippen MR) is 92.1 cm³/mol. The second kappa shape index (κ2) is 7.03. The quantitative estimate of drug-likeness (QED) is 0.694. The van der Waals surface area contributed by atoms with Gasteiger partial charge in [0.2, 0.25) is 0 Å². The van der Waals surface area contributed by atoms with Gasteiger partial charge in [-0.3, -0.25) is 5.32 Å². The van der Waals surface area contributed by atoms with Crippen molar-refractivity contribution in [3.05, 3.63) is 96.1 Å². The zero-order valence-electron chi connectivity index (χ0n) is 12.4. The van der Waals surface area contributed by atoms with Crippen LogP contribution in [0.25, 0.3) is 11.1 Å². The van der Waals surface area contributed by atoms with Gasteiger partial charge in [0.05, 0.1) is 6.17 Å². The summed E-state index contributed by atoms with van der Waals surface area (Å²) < 4.78 is 0. The van der Waals surface area contributed by atoms with E-state index >= 15 is 0 Å². The molecule has 1 atom stereocenters. The van der Waals surface area contributed by atoms with E-state index in [2.05, 4.69) is 66.0 Å². The summed E-state index contributed by atoms with van der Waals surface area (Å²) in [7, 11) is 0. The molecule has 3 rings (SSSR count). The van der Waals surface area contributed by atoms with Crippen LogP contribution in [0.3, 0.4) is 0 Å². The van der Waals surface area contributed by atoms with E-state index in [4.69, 9.17) is 5.73 Å². The molecule has 0 heterocycles. The van der Waals surface area contributed by atoms with E-state index in [1.807, 2.05) is 24.3 Å². The fraction of sp³-hybridized carbons (Fsp3) is 0.100. The number of hydrogen-bond donors (Lipinski definition) is 2. The van der Waals surface area contributed by atoms with Crippen molar-refractivity contribution in [2.75, 3.05) is 0 Å². The maximum Gasteiger partial charge on any atom is 0.0812 e. The Morgan fingerprint density at radius 3 is 2.09 bits per heavy atom. The summed E-state index contributed by atoms with van der Waals surface area (Å²) in [6.07, 6.45) is -0.177. The maximum atomic E-state index is 6.28. The van der Waals surface area contributed by atoms with Crippen molar-refractivity contribution in [1.82, 2.24) is 5.32 Å². The number of nitrogens with one attached hydrogen (secondary N) is 1. The summed E-state index contributed by atoms with van der Waals surface area (Å²) in [5.41, 5.74) is 11.0. The third kappa shape index (κ3) is 3.61. The molecule has 0 bridgehead atoms. The molecule has 2 nitrogen and oxygen atoms in total. The van der Waals surface area contributed by atoms with Crippen molar-refractivity contribution in [3.8, 4) is 11.1 Å². The van der Waals surface area contributed by atoms with Crippen molar-refractivity contribution in [2.45, 2.75) is 12.7 Å². The normalized spacial score (nSPS) is 12.0. The van der Waals surface area contributed by atoms with Crippen molar-refractivity contribution >= 4 is 0 Å². The molecule has 0 amide bonds. The fourth-order valence-electron chi connectivity index (χ4n) is 2.48. The molecular formula is C20H20N2. The van der Waals surface area contributed by atoms with E-state index in [0.29, 0.717) is 0 Å². The van der Waals surface area contributed by atoms with Crippen LogP contribution in [0.5, 0.6) is 0 Å². The Labute approximate surface area is 131 Å². The Balaban J connectivity index is 1.72. The zero-order chi connectivity index (χ0) is 15.2. The standard InChI is InChI=1S/C20H20N2/c21-20(22-15-16-8-3-1-4-9-16)19-13-7-12-18(14-19)17-10-5-2-6-11-17/h1-14,20,22H,15,21H2/t20-/m0/s1. The average Bonchev–Trinajstić information content (AvgIpc) is 2.61. The van der Waals surface area contributed by atoms with Crippen LogP contribution in [-0.4, -0.2) is 0 Å². The van der Waals surface area contributed by atoms with Crippen molar-refractivity contribution in [1.29, 1.82) is 0 Å². The smallest absolute Gasteiger partial charge is 0.0812 e. The third-order valence-electron chi connectivity index (χ3n) is 3.72. The number of benzene rings is 3. The van der Waals surface area contributed by atoms with Crippen LogP contribution in [0.15, 0.2) is 84.9 Å². The van der Waals surface area contributed by atoms with Gasteiger partial charge in [-0.05, 0) is 28.3 Å². The lowest BCUT2D eigenvalue weighted by molar-refractivity contribution is 0.552. The molecule has 0 fully saturated rings. The fourth-order valence-corrected chi connectivity index (χ4v) is 2.48. The lowest BCUT2D eigenvalue weighted by Crippen LogP contribution is -2.28. The topological polar surface area (TPSA) is 38.0 Å². The number of rotatable bonds is 5. The lowest BCUT2D eigenvalue weighted by atomic mass is 10.0. The molecule has 0 saturated heterocycles. The highest BCUT2D eigenvalue weighted by Crippen LogP contribution is 2.21. The molecule has 0 aliphatic rings. The van der Waals surface area contributed by atoms with Crippen LogP contribution in [0.4, 0.5) is 0 Å². The molecule has 3 N–H and O–H groups in total. The van der Waals surface area contributed by atoms with Gasteiger partial charge in [-0.25, -0.2) is 0 Å².